The zero-order chi connectivity index (χ0) is 18.4. The second kappa shape index (κ2) is 6.48. The van der Waals surface area contributed by atoms with Crippen molar-refractivity contribution in [2.24, 2.45) is 7.05 Å². The molecule has 0 spiro atoms. The van der Waals surface area contributed by atoms with Gasteiger partial charge in [0.05, 0.1) is 10.9 Å². The van der Waals surface area contributed by atoms with Gasteiger partial charge in [-0.3, -0.25) is 14.3 Å². The van der Waals surface area contributed by atoms with Crippen molar-refractivity contribution in [3.63, 3.8) is 0 Å². The number of aryl methyl sites for hydroxylation is 2. The van der Waals surface area contributed by atoms with Gasteiger partial charge < -0.3 is 0 Å². The topological polar surface area (TPSA) is 47.8 Å². The molecule has 0 fully saturated rings. The van der Waals surface area contributed by atoms with Crippen LogP contribution >= 0.6 is 23.1 Å². The van der Waals surface area contributed by atoms with E-state index in [1.54, 1.807) is 47.3 Å². The molecule has 0 aliphatic heterocycles. The molecular formula is C19H16FN3OS2. The molecule has 3 heterocycles. The van der Waals surface area contributed by atoms with Gasteiger partial charge in [0.2, 0.25) is 0 Å². The van der Waals surface area contributed by atoms with Crippen LogP contribution in [0, 0.1) is 19.7 Å². The molecule has 0 atom stereocenters. The molecule has 1 aromatic carbocycles. The van der Waals surface area contributed by atoms with E-state index < -0.39 is 0 Å². The summed E-state index contributed by atoms with van der Waals surface area (Å²) in [7, 11) is 1.74. The molecule has 4 rings (SSSR count). The quantitative estimate of drug-likeness (QED) is 0.382. The molecule has 0 saturated heterocycles. The smallest absolute Gasteiger partial charge is 0.262 e. The largest absolute Gasteiger partial charge is 0.290 e. The molecule has 0 aliphatic rings. The van der Waals surface area contributed by atoms with Crippen LogP contribution in [0.3, 0.4) is 0 Å². The minimum absolute atomic E-state index is 0.0264. The summed E-state index contributed by atoms with van der Waals surface area (Å²) in [5, 5.41) is 1.86. The van der Waals surface area contributed by atoms with Gasteiger partial charge in [0, 0.05) is 29.3 Å². The van der Waals surface area contributed by atoms with Crippen LogP contribution in [0.4, 0.5) is 4.39 Å². The second-order valence-electron chi connectivity index (χ2n) is 6.12. The maximum absolute atomic E-state index is 14.0. The highest BCUT2D eigenvalue weighted by Gasteiger charge is 2.15. The predicted octanol–water partition coefficient (Wildman–Crippen LogP) is 4.59. The third-order valence-corrected chi connectivity index (χ3v) is 6.71. The molecule has 0 bridgehead atoms. The summed E-state index contributed by atoms with van der Waals surface area (Å²) in [6.45, 7) is 3.96. The number of hydrogen-bond donors (Lipinski definition) is 0. The maximum atomic E-state index is 14.0. The molecule has 0 aliphatic carbocycles. The van der Waals surface area contributed by atoms with Gasteiger partial charge in [0.25, 0.3) is 5.56 Å². The van der Waals surface area contributed by atoms with E-state index in [1.807, 2.05) is 13.8 Å². The van der Waals surface area contributed by atoms with Gasteiger partial charge in [-0.05, 0) is 43.2 Å². The molecule has 0 saturated carbocycles. The summed E-state index contributed by atoms with van der Waals surface area (Å²) in [4.78, 5) is 23.6. The van der Waals surface area contributed by atoms with Crippen LogP contribution < -0.4 is 5.56 Å². The average Bonchev–Trinajstić information content (AvgIpc) is 2.92. The number of thiophene rings is 1. The minimum atomic E-state index is -0.279. The van der Waals surface area contributed by atoms with Crippen molar-refractivity contribution in [3.8, 4) is 0 Å². The number of hydrogen-bond acceptors (Lipinski definition) is 5. The minimum Gasteiger partial charge on any atom is -0.290 e. The SMILES string of the molecule is Cc1sc2nc(SCc3ccc(F)c4cccnc34)n(C)c(=O)c2c1C. The monoisotopic (exact) mass is 385 g/mol. The highest BCUT2D eigenvalue weighted by atomic mass is 32.2. The highest BCUT2D eigenvalue weighted by molar-refractivity contribution is 7.98. The van der Waals surface area contributed by atoms with Gasteiger partial charge in [0.15, 0.2) is 5.16 Å². The Hall–Kier alpha value is -2.25. The van der Waals surface area contributed by atoms with Gasteiger partial charge in [-0.15, -0.1) is 11.3 Å². The molecule has 132 valence electrons. The Kier molecular flexibility index (Phi) is 4.28. The molecule has 4 aromatic rings. The van der Waals surface area contributed by atoms with E-state index in [-0.39, 0.29) is 11.4 Å². The van der Waals surface area contributed by atoms with Crippen molar-refractivity contribution in [1.82, 2.24) is 14.5 Å². The molecule has 4 nitrogen and oxygen atoms in total. The first-order valence-corrected chi connectivity index (χ1v) is 9.89. The van der Waals surface area contributed by atoms with Crippen LogP contribution in [0.5, 0.6) is 0 Å². The van der Waals surface area contributed by atoms with Crippen molar-refractivity contribution in [2.75, 3.05) is 0 Å². The second-order valence-corrected chi connectivity index (χ2v) is 8.26. The number of thioether (sulfide) groups is 1. The van der Waals surface area contributed by atoms with E-state index in [2.05, 4.69) is 9.97 Å². The summed E-state index contributed by atoms with van der Waals surface area (Å²) in [6.07, 6.45) is 1.66. The number of benzene rings is 1. The molecule has 26 heavy (non-hydrogen) atoms. The lowest BCUT2D eigenvalue weighted by Gasteiger charge is -2.09. The van der Waals surface area contributed by atoms with Crippen molar-refractivity contribution >= 4 is 44.2 Å². The molecule has 0 N–H and O–H groups in total. The standard InChI is InChI=1S/C19H16FN3OS2/c1-10-11(2)26-17-15(10)18(24)23(3)19(22-17)25-9-12-6-7-14(20)13-5-4-8-21-16(12)13/h4-8H,9H2,1-3H3. The van der Waals surface area contributed by atoms with E-state index in [0.29, 0.717) is 27.2 Å². The van der Waals surface area contributed by atoms with Crippen LogP contribution in [-0.2, 0) is 12.8 Å². The molecule has 3 aromatic heterocycles. The maximum Gasteiger partial charge on any atom is 0.262 e. The number of rotatable bonds is 3. The molecule has 0 unspecified atom stereocenters. The normalized spacial score (nSPS) is 11.5. The Morgan fingerprint density at radius 1 is 1.27 bits per heavy atom. The summed E-state index contributed by atoms with van der Waals surface area (Å²) < 4.78 is 15.5. The molecule has 0 radical (unpaired) electrons. The van der Waals surface area contributed by atoms with Crippen molar-refractivity contribution < 1.29 is 4.39 Å². The zero-order valence-corrected chi connectivity index (χ0v) is 16.2. The van der Waals surface area contributed by atoms with Gasteiger partial charge in [0.1, 0.15) is 10.6 Å². The third-order valence-electron chi connectivity index (χ3n) is 4.53. The van der Waals surface area contributed by atoms with Crippen LogP contribution in [0.1, 0.15) is 16.0 Å². The highest BCUT2D eigenvalue weighted by Crippen LogP contribution is 2.30. The summed E-state index contributed by atoms with van der Waals surface area (Å²) in [6, 6.07) is 6.65. The van der Waals surface area contributed by atoms with E-state index in [1.165, 1.54) is 17.8 Å². The number of nitrogens with zero attached hydrogens (tertiary/aromatic N) is 3. The van der Waals surface area contributed by atoms with Crippen LogP contribution in [0.25, 0.3) is 21.1 Å². The van der Waals surface area contributed by atoms with E-state index in [9.17, 15) is 9.18 Å². The number of fused-ring (bicyclic) bond motifs is 2. The fourth-order valence-corrected chi connectivity index (χ4v) is 4.97. The van der Waals surface area contributed by atoms with Crippen LogP contribution in [-0.4, -0.2) is 14.5 Å². The fraction of sp³-hybridized carbons (Fsp3) is 0.211. The first-order valence-electron chi connectivity index (χ1n) is 8.09. The lowest BCUT2D eigenvalue weighted by atomic mass is 10.1. The van der Waals surface area contributed by atoms with Crippen LogP contribution in [0.2, 0.25) is 0 Å². The predicted molar refractivity (Wildman–Crippen MR) is 106 cm³/mol. The van der Waals surface area contributed by atoms with Gasteiger partial charge in [-0.1, -0.05) is 17.8 Å². The summed E-state index contributed by atoms with van der Waals surface area (Å²) in [5.74, 6) is 0.279. The van der Waals surface area contributed by atoms with Crippen molar-refractivity contribution in [1.29, 1.82) is 0 Å². The molecular weight excluding hydrogens is 369 g/mol. The Morgan fingerprint density at radius 3 is 2.88 bits per heavy atom. The Bertz CT molecular complexity index is 1210. The number of aromatic nitrogens is 3. The first-order chi connectivity index (χ1) is 12.5. The van der Waals surface area contributed by atoms with E-state index in [0.717, 1.165) is 20.8 Å². The average molecular weight is 385 g/mol. The summed E-state index contributed by atoms with van der Waals surface area (Å²) >= 11 is 3.00. The van der Waals surface area contributed by atoms with Gasteiger partial charge in [-0.2, -0.15) is 0 Å². The van der Waals surface area contributed by atoms with Crippen molar-refractivity contribution in [2.45, 2.75) is 24.8 Å². The lowest BCUT2D eigenvalue weighted by molar-refractivity contribution is 0.639. The van der Waals surface area contributed by atoms with Crippen molar-refractivity contribution in [3.05, 3.63) is 62.6 Å². The number of halogens is 1. The van der Waals surface area contributed by atoms with E-state index >= 15 is 0 Å². The third kappa shape index (κ3) is 2.71. The summed E-state index contributed by atoms with van der Waals surface area (Å²) in [5.41, 5.74) is 2.54. The lowest BCUT2D eigenvalue weighted by Crippen LogP contribution is -2.19. The number of pyridine rings is 1. The van der Waals surface area contributed by atoms with Gasteiger partial charge in [-0.25, -0.2) is 9.37 Å². The Balaban J connectivity index is 1.74. The zero-order valence-electron chi connectivity index (χ0n) is 14.5. The fourth-order valence-electron chi connectivity index (χ4n) is 2.94. The van der Waals surface area contributed by atoms with E-state index in [4.69, 9.17) is 0 Å². The first kappa shape index (κ1) is 17.2. The van der Waals surface area contributed by atoms with Crippen LogP contribution in [0.15, 0.2) is 40.4 Å². The molecule has 0 amide bonds. The van der Waals surface area contributed by atoms with Gasteiger partial charge >= 0.3 is 0 Å². The molecule has 7 heteroatoms. The Labute approximate surface area is 157 Å². The Morgan fingerprint density at radius 2 is 2.08 bits per heavy atom.